The van der Waals surface area contributed by atoms with Crippen LogP contribution in [0.3, 0.4) is 0 Å². The Hall–Kier alpha value is -0.580. The summed E-state index contributed by atoms with van der Waals surface area (Å²) >= 11 is 9.45. The third kappa shape index (κ3) is 2.81. The Morgan fingerprint density at radius 3 is 2.89 bits per heavy atom. The van der Waals surface area contributed by atoms with E-state index in [-0.39, 0.29) is 0 Å². The Labute approximate surface area is 126 Å². The van der Waals surface area contributed by atoms with Crippen LogP contribution in [-0.4, -0.2) is 28.1 Å². The summed E-state index contributed by atoms with van der Waals surface area (Å²) in [5, 5.41) is 10.2. The lowest BCUT2D eigenvalue weighted by molar-refractivity contribution is -0.150. The molecule has 1 aliphatic rings. The molecule has 1 atom stereocenters. The van der Waals surface area contributed by atoms with Crippen molar-refractivity contribution in [2.24, 2.45) is 0 Å². The smallest absolute Gasteiger partial charge is 0.324 e. The van der Waals surface area contributed by atoms with Gasteiger partial charge >= 0.3 is 5.97 Å². The topological polar surface area (TPSA) is 40.5 Å². The zero-order valence-electron chi connectivity index (χ0n) is 10.8. The molecule has 0 bridgehead atoms. The highest BCUT2D eigenvalue weighted by molar-refractivity contribution is 9.10. The second kappa shape index (κ2) is 5.81. The van der Waals surface area contributed by atoms with Crippen molar-refractivity contribution >= 4 is 33.5 Å². The molecule has 104 valence electrons. The van der Waals surface area contributed by atoms with Crippen molar-refractivity contribution in [2.75, 3.05) is 6.54 Å². The van der Waals surface area contributed by atoms with Gasteiger partial charge in [0.25, 0.3) is 0 Å². The van der Waals surface area contributed by atoms with Crippen LogP contribution < -0.4 is 0 Å². The maximum absolute atomic E-state index is 11.6. The molecule has 0 saturated carbocycles. The lowest BCUT2D eigenvalue weighted by Gasteiger charge is -2.34. The summed E-state index contributed by atoms with van der Waals surface area (Å²) in [6.07, 6.45) is 2.29. The zero-order chi connectivity index (χ0) is 14.0. The largest absolute Gasteiger partial charge is 0.480 e. The standard InChI is InChI=1S/C14H17BrClNO2/c1-2-14(13(18)19)6-3-7-17(14)9-10-4-5-11(15)12(16)8-10/h4-5,8H,2-3,6-7,9H2,1H3,(H,18,19). The number of hydrogen-bond donors (Lipinski definition) is 1. The maximum atomic E-state index is 11.6. The molecule has 1 unspecified atom stereocenters. The van der Waals surface area contributed by atoms with E-state index in [0.29, 0.717) is 18.0 Å². The number of rotatable bonds is 4. The summed E-state index contributed by atoms with van der Waals surface area (Å²) in [5.41, 5.74) is 0.341. The highest BCUT2D eigenvalue weighted by Crippen LogP contribution is 2.34. The highest BCUT2D eigenvalue weighted by Gasteiger charge is 2.45. The average Bonchev–Trinajstić information content (AvgIpc) is 2.78. The van der Waals surface area contributed by atoms with E-state index in [1.165, 1.54) is 0 Å². The molecule has 1 saturated heterocycles. The van der Waals surface area contributed by atoms with E-state index in [1.54, 1.807) is 0 Å². The van der Waals surface area contributed by atoms with Crippen LogP contribution in [0.5, 0.6) is 0 Å². The number of nitrogens with zero attached hydrogens (tertiary/aromatic N) is 1. The van der Waals surface area contributed by atoms with Gasteiger partial charge in [0.05, 0.1) is 5.02 Å². The Morgan fingerprint density at radius 1 is 1.58 bits per heavy atom. The van der Waals surface area contributed by atoms with E-state index in [9.17, 15) is 9.90 Å². The van der Waals surface area contributed by atoms with Crippen LogP contribution in [-0.2, 0) is 11.3 Å². The first kappa shape index (κ1) is 14.8. The van der Waals surface area contributed by atoms with Crippen LogP contribution in [0.2, 0.25) is 5.02 Å². The molecule has 5 heteroatoms. The molecular formula is C14H17BrClNO2. The van der Waals surface area contributed by atoms with Crippen LogP contribution in [0.15, 0.2) is 22.7 Å². The summed E-state index contributed by atoms with van der Waals surface area (Å²) in [7, 11) is 0. The number of carbonyl (C=O) groups is 1. The number of hydrogen-bond acceptors (Lipinski definition) is 2. The molecule has 19 heavy (non-hydrogen) atoms. The minimum atomic E-state index is -0.712. The van der Waals surface area contributed by atoms with Crippen molar-refractivity contribution in [1.82, 2.24) is 4.90 Å². The van der Waals surface area contributed by atoms with E-state index in [2.05, 4.69) is 20.8 Å². The average molecular weight is 347 g/mol. The van der Waals surface area contributed by atoms with E-state index >= 15 is 0 Å². The summed E-state index contributed by atoms with van der Waals surface area (Å²) in [4.78, 5) is 13.7. The van der Waals surface area contributed by atoms with Crippen LogP contribution >= 0.6 is 27.5 Å². The van der Waals surface area contributed by atoms with Gasteiger partial charge in [-0.3, -0.25) is 9.69 Å². The monoisotopic (exact) mass is 345 g/mol. The van der Waals surface area contributed by atoms with Gasteiger partial charge < -0.3 is 5.11 Å². The van der Waals surface area contributed by atoms with Gasteiger partial charge in [0, 0.05) is 11.0 Å². The number of benzene rings is 1. The van der Waals surface area contributed by atoms with Crippen molar-refractivity contribution in [3.63, 3.8) is 0 Å². The van der Waals surface area contributed by atoms with E-state index < -0.39 is 11.5 Å². The first-order valence-corrected chi connectivity index (χ1v) is 7.59. The molecule has 1 heterocycles. The summed E-state index contributed by atoms with van der Waals surface area (Å²) in [6, 6.07) is 5.78. The van der Waals surface area contributed by atoms with Gasteiger partial charge in [0.2, 0.25) is 0 Å². The van der Waals surface area contributed by atoms with Crippen LogP contribution in [0.25, 0.3) is 0 Å². The lowest BCUT2D eigenvalue weighted by Crippen LogP contribution is -2.49. The molecule has 1 fully saturated rings. The highest BCUT2D eigenvalue weighted by atomic mass is 79.9. The molecule has 1 aromatic carbocycles. The molecule has 0 aromatic heterocycles. The summed E-state index contributed by atoms with van der Waals surface area (Å²) < 4.78 is 0.860. The first-order chi connectivity index (χ1) is 8.99. The number of halogens is 2. The molecule has 0 aliphatic carbocycles. The predicted molar refractivity (Wildman–Crippen MR) is 79.5 cm³/mol. The normalized spacial score (nSPS) is 23.7. The first-order valence-electron chi connectivity index (χ1n) is 6.42. The number of likely N-dealkylation sites (tertiary alicyclic amines) is 1. The fourth-order valence-electron chi connectivity index (χ4n) is 2.82. The Kier molecular flexibility index (Phi) is 4.54. The van der Waals surface area contributed by atoms with Crippen molar-refractivity contribution in [2.45, 2.75) is 38.3 Å². The van der Waals surface area contributed by atoms with Gasteiger partial charge in [-0.2, -0.15) is 0 Å². The predicted octanol–water partition coefficient (Wildman–Crippen LogP) is 3.93. The molecule has 1 N–H and O–H groups in total. The number of carboxylic acids is 1. The molecule has 0 amide bonds. The lowest BCUT2D eigenvalue weighted by atomic mass is 9.92. The molecular weight excluding hydrogens is 330 g/mol. The minimum Gasteiger partial charge on any atom is -0.480 e. The quantitative estimate of drug-likeness (QED) is 0.898. The van der Waals surface area contributed by atoms with Crippen LogP contribution in [0, 0.1) is 0 Å². The fourth-order valence-corrected chi connectivity index (χ4v) is 3.27. The van der Waals surface area contributed by atoms with Crippen LogP contribution in [0.1, 0.15) is 31.7 Å². The second-order valence-electron chi connectivity index (χ2n) is 4.96. The van der Waals surface area contributed by atoms with Gasteiger partial charge in [0.1, 0.15) is 5.54 Å². The SMILES string of the molecule is CCC1(C(=O)O)CCCN1Cc1ccc(Br)c(Cl)c1. The molecule has 0 radical (unpaired) electrons. The van der Waals surface area contributed by atoms with Gasteiger partial charge in [0.15, 0.2) is 0 Å². The Balaban J connectivity index is 2.21. The Morgan fingerprint density at radius 2 is 2.32 bits per heavy atom. The van der Waals surface area contributed by atoms with Gasteiger partial charge in [-0.15, -0.1) is 0 Å². The molecule has 1 aliphatic heterocycles. The van der Waals surface area contributed by atoms with E-state index in [1.807, 2.05) is 25.1 Å². The van der Waals surface area contributed by atoms with E-state index in [0.717, 1.165) is 29.4 Å². The van der Waals surface area contributed by atoms with Crippen molar-refractivity contribution in [3.05, 3.63) is 33.3 Å². The third-order valence-electron chi connectivity index (χ3n) is 3.96. The van der Waals surface area contributed by atoms with Crippen molar-refractivity contribution < 1.29 is 9.90 Å². The van der Waals surface area contributed by atoms with Gasteiger partial charge in [-0.1, -0.05) is 24.6 Å². The fraction of sp³-hybridized carbons (Fsp3) is 0.500. The zero-order valence-corrected chi connectivity index (χ0v) is 13.2. The van der Waals surface area contributed by atoms with Crippen molar-refractivity contribution in [3.8, 4) is 0 Å². The van der Waals surface area contributed by atoms with E-state index in [4.69, 9.17) is 11.6 Å². The second-order valence-corrected chi connectivity index (χ2v) is 6.23. The third-order valence-corrected chi connectivity index (χ3v) is 5.20. The molecule has 1 aromatic rings. The molecule has 2 rings (SSSR count). The molecule has 3 nitrogen and oxygen atoms in total. The molecule has 0 spiro atoms. The summed E-state index contributed by atoms with van der Waals surface area (Å²) in [5.74, 6) is -0.712. The summed E-state index contributed by atoms with van der Waals surface area (Å²) in [6.45, 7) is 3.40. The van der Waals surface area contributed by atoms with Crippen molar-refractivity contribution in [1.29, 1.82) is 0 Å². The number of aliphatic carboxylic acids is 1. The number of carboxylic acid groups (broad SMARTS) is 1. The Bertz CT molecular complexity index is 494. The minimum absolute atomic E-state index is 0.632. The van der Waals surface area contributed by atoms with Crippen LogP contribution in [0.4, 0.5) is 0 Å². The maximum Gasteiger partial charge on any atom is 0.324 e. The van der Waals surface area contributed by atoms with Gasteiger partial charge in [-0.25, -0.2) is 0 Å². The van der Waals surface area contributed by atoms with Gasteiger partial charge in [-0.05, 0) is 59.4 Å².